The van der Waals surface area contributed by atoms with Crippen molar-refractivity contribution in [1.29, 1.82) is 0 Å². The number of rotatable bonds is 6. The summed E-state index contributed by atoms with van der Waals surface area (Å²) in [7, 11) is 0. The molecule has 0 unspecified atom stereocenters. The highest BCUT2D eigenvalue weighted by Crippen LogP contribution is 2.32. The maximum Gasteiger partial charge on any atom is 0.268 e. The first-order valence-electron chi connectivity index (χ1n) is 7.92. The van der Waals surface area contributed by atoms with Crippen molar-refractivity contribution in [3.05, 3.63) is 46.8 Å². The minimum atomic E-state index is 0.600. The van der Waals surface area contributed by atoms with Gasteiger partial charge in [-0.3, -0.25) is 4.90 Å². The zero-order valence-corrected chi connectivity index (χ0v) is 14.6. The number of nitrogens with zero attached hydrogens (tertiary/aromatic N) is 3. The molecular formula is C18H21N3OS. The summed E-state index contributed by atoms with van der Waals surface area (Å²) < 4.78 is 5.47. The molecular weight excluding hydrogens is 306 g/mol. The Labute approximate surface area is 140 Å². The summed E-state index contributed by atoms with van der Waals surface area (Å²) in [5.74, 6) is 1.24. The van der Waals surface area contributed by atoms with Crippen LogP contribution in [0.25, 0.3) is 22.2 Å². The van der Waals surface area contributed by atoms with Crippen molar-refractivity contribution >= 4 is 11.3 Å². The van der Waals surface area contributed by atoms with Crippen molar-refractivity contribution in [2.24, 2.45) is 0 Å². The molecule has 0 N–H and O–H groups in total. The fraction of sp³-hybridized carbons (Fsp3) is 0.333. The molecule has 3 rings (SSSR count). The first-order chi connectivity index (χ1) is 11.2. The zero-order valence-electron chi connectivity index (χ0n) is 13.7. The normalized spacial score (nSPS) is 11.3. The van der Waals surface area contributed by atoms with E-state index >= 15 is 0 Å². The minimum Gasteiger partial charge on any atom is -0.333 e. The maximum atomic E-state index is 5.47. The average molecular weight is 327 g/mol. The fourth-order valence-electron chi connectivity index (χ4n) is 2.46. The third-order valence-corrected chi connectivity index (χ3v) is 5.16. The molecule has 0 bridgehead atoms. The van der Waals surface area contributed by atoms with Gasteiger partial charge in [-0.2, -0.15) is 4.98 Å². The van der Waals surface area contributed by atoms with Crippen molar-refractivity contribution in [2.75, 3.05) is 13.1 Å². The lowest BCUT2D eigenvalue weighted by Crippen LogP contribution is -2.21. The van der Waals surface area contributed by atoms with Crippen LogP contribution in [-0.2, 0) is 6.54 Å². The van der Waals surface area contributed by atoms with Gasteiger partial charge in [0.1, 0.15) is 0 Å². The van der Waals surface area contributed by atoms with Gasteiger partial charge < -0.3 is 4.52 Å². The number of hydrogen-bond acceptors (Lipinski definition) is 5. The summed E-state index contributed by atoms with van der Waals surface area (Å²) in [6.07, 6.45) is 0. The third kappa shape index (κ3) is 3.51. The molecule has 3 aromatic rings. The van der Waals surface area contributed by atoms with Crippen molar-refractivity contribution in [3.63, 3.8) is 0 Å². The molecule has 0 aliphatic carbocycles. The Kier molecular flexibility index (Phi) is 4.88. The highest BCUT2D eigenvalue weighted by Gasteiger charge is 2.15. The summed E-state index contributed by atoms with van der Waals surface area (Å²) >= 11 is 1.74. The van der Waals surface area contributed by atoms with Crippen LogP contribution in [0.3, 0.4) is 0 Å². The highest BCUT2D eigenvalue weighted by atomic mass is 32.1. The molecule has 0 fully saturated rings. The molecule has 2 aromatic heterocycles. The third-order valence-electron chi connectivity index (χ3n) is 3.95. The highest BCUT2D eigenvalue weighted by molar-refractivity contribution is 7.15. The molecule has 0 spiro atoms. The van der Waals surface area contributed by atoms with Gasteiger partial charge in [0.2, 0.25) is 5.82 Å². The van der Waals surface area contributed by atoms with E-state index in [4.69, 9.17) is 4.52 Å². The van der Waals surface area contributed by atoms with Crippen LogP contribution in [-0.4, -0.2) is 28.1 Å². The van der Waals surface area contributed by atoms with Gasteiger partial charge in [-0.05, 0) is 31.6 Å². The van der Waals surface area contributed by atoms with E-state index in [-0.39, 0.29) is 0 Å². The van der Waals surface area contributed by atoms with E-state index in [0.717, 1.165) is 30.1 Å². The Morgan fingerprint density at radius 1 is 1.13 bits per heavy atom. The van der Waals surface area contributed by atoms with Crippen molar-refractivity contribution in [3.8, 4) is 22.2 Å². The van der Waals surface area contributed by atoms with Gasteiger partial charge in [-0.15, -0.1) is 11.3 Å². The second-order valence-electron chi connectivity index (χ2n) is 5.47. The Bertz CT molecular complexity index is 760. The molecule has 120 valence electrons. The number of hydrogen-bond donors (Lipinski definition) is 0. The Balaban J connectivity index is 1.84. The Morgan fingerprint density at radius 2 is 1.87 bits per heavy atom. The second kappa shape index (κ2) is 7.06. The maximum absolute atomic E-state index is 5.47. The van der Waals surface area contributed by atoms with E-state index < -0.39 is 0 Å². The molecule has 0 radical (unpaired) electrons. The standard InChI is InChI=1S/C18H21N3OS/c1-4-21(5-2)12-16-13(3)11-15(23-16)18-19-17(20-22-18)14-9-7-6-8-10-14/h6-11H,4-5,12H2,1-3H3. The quantitative estimate of drug-likeness (QED) is 0.663. The van der Waals surface area contributed by atoms with Crippen LogP contribution in [0.5, 0.6) is 0 Å². The van der Waals surface area contributed by atoms with Gasteiger partial charge in [0, 0.05) is 17.0 Å². The Hall–Kier alpha value is -1.98. The summed E-state index contributed by atoms with van der Waals surface area (Å²) in [6.45, 7) is 9.62. The summed E-state index contributed by atoms with van der Waals surface area (Å²) in [4.78, 5) is 9.36. The SMILES string of the molecule is CCN(CC)Cc1sc(-c2nc(-c3ccccc3)no2)cc1C. The lowest BCUT2D eigenvalue weighted by molar-refractivity contribution is 0.298. The van der Waals surface area contributed by atoms with Crippen LogP contribution in [0.2, 0.25) is 0 Å². The largest absolute Gasteiger partial charge is 0.333 e. The lowest BCUT2D eigenvalue weighted by atomic mass is 10.2. The molecule has 0 aliphatic heterocycles. The first-order valence-corrected chi connectivity index (χ1v) is 8.74. The van der Waals surface area contributed by atoms with Crippen molar-refractivity contribution in [2.45, 2.75) is 27.3 Å². The molecule has 0 saturated carbocycles. The van der Waals surface area contributed by atoms with E-state index in [1.807, 2.05) is 30.3 Å². The average Bonchev–Trinajstić information content (AvgIpc) is 3.20. The number of aryl methyl sites for hydroxylation is 1. The predicted molar refractivity (Wildman–Crippen MR) is 94.4 cm³/mol. The number of thiophene rings is 1. The van der Waals surface area contributed by atoms with Gasteiger partial charge in [-0.1, -0.05) is 49.3 Å². The summed E-state index contributed by atoms with van der Waals surface area (Å²) in [5, 5.41) is 4.11. The predicted octanol–water partition coefficient (Wildman–Crippen LogP) is 4.62. The summed E-state index contributed by atoms with van der Waals surface area (Å²) in [5.41, 5.74) is 2.26. The van der Waals surface area contributed by atoms with E-state index in [1.54, 1.807) is 11.3 Å². The van der Waals surface area contributed by atoms with Gasteiger partial charge >= 0.3 is 0 Å². The number of benzene rings is 1. The fourth-order valence-corrected chi connectivity index (χ4v) is 3.60. The molecule has 0 atom stereocenters. The van der Waals surface area contributed by atoms with E-state index in [1.165, 1.54) is 10.4 Å². The zero-order chi connectivity index (χ0) is 16.2. The molecule has 0 aliphatic rings. The summed E-state index contributed by atoms with van der Waals surface area (Å²) in [6, 6.07) is 12.0. The number of aromatic nitrogens is 2. The molecule has 23 heavy (non-hydrogen) atoms. The van der Waals surface area contributed by atoms with Crippen LogP contribution in [0.1, 0.15) is 24.3 Å². The van der Waals surface area contributed by atoms with Gasteiger partial charge in [0.05, 0.1) is 4.88 Å². The molecule has 0 saturated heterocycles. The monoisotopic (exact) mass is 327 g/mol. The van der Waals surface area contributed by atoms with Crippen molar-refractivity contribution in [1.82, 2.24) is 15.0 Å². The molecule has 1 aromatic carbocycles. The van der Waals surface area contributed by atoms with Gasteiger partial charge in [0.15, 0.2) is 0 Å². The second-order valence-corrected chi connectivity index (χ2v) is 6.60. The van der Waals surface area contributed by atoms with E-state index in [2.05, 4.69) is 41.9 Å². The molecule has 2 heterocycles. The smallest absolute Gasteiger partial charge is 0.268 e. The molecule has 0 amide bonds. The van der Waals surface area contributed by atoms with Gasteiger partial charge in [-0.25, -0.2) is 0 Å². The van der Waals surface area contributed by atoms with E-state index in [9.17, 15) is 0 Å². The lowest BCUT2D eigenvalue weighted by Gasteiger charge is -2.17. The van der Waals surface area contributed by atoms with Gasteiger partial charge in [0.25, 0.3) is 5.89 Å². The van der Waals surface area contributed by atoms with Crippen LogP contribution >= 0.6 is 11.3 Å². The topological polar surface area (TPSA) is 42.2 Å². The molecule has 5 heteroatoms. The van der Waals surface area contributed by atoms with Crippen LogP contribution in [0.15, 0.2) is 40.9 Å². The van der Waals surface area contributed by atoms with Crippen LogP contribution in [0.4, 0.5) is 0 Å². The Morgan fingerprint density at radius 3 is 2.57 bits per heavy atom. The van der Waals surface area contributed by atoms with Crippen LogP contribution in [0, 0.1) is 6.92 Å². The minimum absolute atomic E-state index is 0.600. The van der Waals surface area contributed by atoms with Crippen molar-refractivity contribution < 1.29 is 4.52 Å². The molecule has 4 nitrogen and oxygen atoms in total. The van der Waals surface area contributed by atoms with Crippen LogP contribution < -0.4 is 0 Å². The first kappa shape index (κ1) is 15.9. The van der Waals surface area contributed by atoms with E-state index in [0.29, 0.717) is 11.7 Å².